The minimum absolute atomic E-state index is 0. The molecular formula is C20H30BrIN6O. The van der Waals surface area contributed by atoms with E-state index in [1.165, 1.54) is 11.3 Å². The summed E-state index contributed by atoms with van der Waals surface area (Å²) in [4.78, 5) is 16.3. The number of hydrogen-bond donors (Lipinski definition) is 3. The van der Waals surface area contributed by atoms with E-state index >= 15 is 0 Å². The van der Waals surface area contributed by atoms with Gasteiger partial charge in [-0.2, -0.15) is 5.10 Å². The Morgan fingerprint density at radius 1 is 1.28 bits per heavy atom. The van der Waals surface area contributed by atoms with Crippen molar-refractivity contribution in [1.29, 1.82) is 0 Å². The van der Waals surface area contributed by atoms with E-state index in [1.54, 1.807) is 7.05 Å². The van der Waals surface area contributed by atoms with Crippen LogP contribution in [0.15, 0.2) is 33.7 Å². The third-order valence-electron chi connectivity index (χ3n) is 4.55. The number of aryl methyl sites for hydroxylation is 2. The van der Waals surface area contributed by atoms with Crippen LogP contribution in [0.1, 0.15) is 30.3 Å². The summed E-state index contributed by atoms with van der Waals surface area (Å²) in [5, 5.41) is 13.9. The van der Waals surface area contributed by atoms with E-state index in [4.69, 9.17) is 0 Å². The summed E-state index contributed by atoms with van der Waals surface area (Å²) in [7, 11) is 3.69. The summed E-state index contributed by atoms with van der Waals surface area (Å²) >= 11 is 3.38. The molecule has 0 aliphatic rings. The predicted molar refractivity (Wildman–Crippen MR) is 133 cm³/mol. The molecule has 0 spiro atoms. The Labute approximate surface area is 198 Å². The molecule has 1 aromatic heterocycles. The molecule has 1 atom stereocenters. The maximum absolute atomic E-state index is 12.1. The summed E-state index contributed by atoms with van der Waals surface area (Å²) in [5.41, 5.74) is 4.28. The normalized spacial score (nSPS) is 12.1. The summed E-state index contributed by atoms with van der Waals surface area (Å²) in [6.45, 7) is 6.73. The predicted octanol–water partition coefficient (Wildman–Crippen LogP) is 3.54. The number of aromatic nitrogens is 2. The fourth-order valence-electron chi connectivity index (χ4n) is 2.95. The van der Waals surface area contributed by atoms with Gasteiger partial charge in [0.25, 0.3) is 0 Å². The highest BCUT2D eigenvalue weighted by Crippen LogP contribution is 2.15. The molecule has 0 fully saturated rings. The third-order valence-corrected chi connectivity index (χ3v) is 5.08. The molecule has 0 aliphatic heterocycles. The highest BCUT2D eigenvalue weighted by Gasteiger charge is 2.14. The van der Waals surface area contributed by atoms with Gasteiger partial charge in [0.2, 0.25) is 5.91 Å². The second-order valence-electron chi connectivity index (χ2n) is 6.83. The van der Waals surface area contributed by atoms with Crippen LogP contribution >= 0.6 is 39.9 Å². The molecule has 1 aromatic carbocycles. The molecule has 2 aromatic rings. The quantitative estimate of drug-likeness (QED) is 0.267. The Morgan fingerprint density at radius 2 is 1.93 bits per heavy atom. The number of hydrogen-bond acceptors (Lipinski definition) is 3. The molecule has 2 rings (SSSR count). The van der Waals surface area contributed by atoms with Gasteiger partial charge in [-0.3, -0.25) is 14.5 Å². The van der Waals surface area contributed by atoms with Gasteiger partial charge >= 0.3 is 0 Å². The van der Waals surface area contributed by atoms with Gasteiger partial charge in [0.15, 0.2) is 5.96 Å². The van der Waals surface area contributed by atoms with Crippen molar-refractivity contribution in [1.82, 2.24) is 20.4 Å². The van der Waals surface area contributed by atoms with Crippen molar-refractivity contribution in [3.05, 3.63) is 45.7 Å². The Morgan fingerprint density at radius 3 is 2.48 bits per heavy atom. The summed E-state index contributed by atoms with van der Waals surface area (Å²) < 4.78 is 2.89. The van der Waals surface area contributed by atoms with E-state index in [1.807, 2.05) is 42.9 Å². The zero-order chi connectivity index (χ0) is 20.7. The molecule has 7 nitrogen and oxygen atoms in total. The number of guanidine groups is 1. The van der Waals surface area contributed by atoms with Crippen molar-refractivity contribution in [2.75, 3.05) is 18.9 Å². The Hall–Kier alpha value is -1.62. The van der Waals surface area contributed by atoms with E-state index < -0.39 is 0 Å². The fourth-order valence-corrected chi connectivity index (χ4v) is 3.21. The summed E-state index contributed by atoms with van der Waals surface area (Å²) in [6.07, 6.45) is 1.21. The van der Waals surface area contributed by atoms with Crippen LogP contribution in [0.5, 0.6) is 0 Å². The number of anilines is 1. The van der Waals surface area contributed by atoms with Gasteiger partial charge < -0.3 is 16.0 Å². The average molecular weight is 577 g/mol. The number of carbonyl (C=O) groups is 1. The van der Waals surface area contributed by atoms with Crippen LogP contribution < -0.4 is 16.0 Å². The molecule has 160 valence electrons. The maximum Gasteiger partial charge on any atom is 0.226 e. The second-order valence-corrected chi connectivity index (χ2v) is 7.74. The van der Waals surface area contributed by atoms with Crippen molar-refractivity contribution < 1.29 is 4.79 Å². The third kappa shape index (κ3) is 7.96. The number of nitrogens with one attached hydrogen (secondary N) is 3. The number of aliphatic imine (C=N–C) groups is 1. The first kappa shape index (κ1) is 25.4. The Balaban J connectivity index is 0.00000420. The van der Waals surface area contributed by atoms with Gasteiger partial charge in [0.05, 0.1) is 5.69 Å². The average Bonchev–Trinajstić information content (AvgIpc) is 2.89. The van der Waals surface area contributed by atoms with Crippen molar-refractivity contribution >= 4 is 57.5 Å². The first-order valence-electron chi connectivity index (χ1n) is 9.31. The van der Waals surface area contributed by atoms with Crippen LogP contribution in [0.25, 0.3) is 0 Å². The number of benzene rings is 1. The minimum Gasteiger partial charge on any atom is -0.356 e. The van der Waals surface area contributed by atoms with Crippen LogP contribution in [0.2, 0.25) is 0 Å². The fraction of sp³-hybridized carbons (Fsp3) is 0.450. The SMILES string of the molecule is CN=C(NCCC(=O)Nc1ccc(Br)cc1)NC(C)Cc1c(C)nn(C)c1C.I. The smallest absolute Gasteiger partial charge is 0.226 e. The minimum atomic E-state index is -0.0417. The maximum atomic E-state index is 12.1. The van der Waals surface area contributed by atoms with Crippen LogP contribution in [0.4, 0.5) is 5.69 Å². The van der Waals surface area contributed by atoms with Crippen LogP contribution in [-0.4, -0.2) is 41.3 Å². The highest BCUT2D eigenvalue weighted by atomic mass is 127. The first-order chi connectivity index (χ1) is 13.3. The topological polar surface area (TPSA) is 83.3 Å². The molecule has 3 N–H and O–H groups in total. The summed E-state index contributed by atoms with van der Waals surface area (Å²) in [6, 6.07) is 7.70. The van der Waals surface area contributed by atoms with Crippen LogP contribution in [-0.2, 0) is 18.3 Å². The van der Waals surface area contributed by atoms with Crippen LogP contribution in [0.3, 0.4) is 0 Å². The number of amides is 1. The molecule has 1 unspecified atom stereocenters. The molecule has 1 amide bonds. The molecule has 29 heavy (non-hydrogen) atoms. The molecule has 0 radical (unpaired) electrons. The molecule has 0 bridgehead atoms. The number of rotatable bonds is 7. The van der Waals surface area contributed by atoms with Crippen molar-refractivity contribution in [2.45, 2.75) is 39.7 Å². The van der Waals surface area contributed by atoms with E-state index in [0.29, 0.717) is 18.9 Å². The van der Waals surface area contributed by atoms with Gasteiger partial charge in [-0.15, -0.1) is 24.0 Å². The molecule has 0 aliphatic carbocycles. The number of halogens is 2. The molecule has 9 heteroatoms. The largest absolute Gasteiger partial charge is 0.356 e. The Kier molecular flexibility index (Phi) is 10.7. The van der Waals surface area contributed by atoms with E-state index in [2.05, 4.69) is 55.8 Å². The summed E-state index contributed by atoms with van der Waals surface area (Å²) in [5.74, 6) is 0.642. The van der Waals surface area contributed by atoms with Crippen molar-refractivity contribution in [3.63, 3.8) is 0 Å². The first-order valence-corrected chi connectivity index (χ1v) is 10.1. The lowest BCUT2D eigenvalue weighted by Gasteiger charge is -2.18. The number of nitrogens with zero attached hydrogens (tertiary/aromatic N) is 3. The zero-order valence-electron chi connectivity index (χ0n) is 17.5. The Bertz CT molecular complexity index is 834. The second kappa shape index (κ2) is 12.2. The lowest BCUT2D eigenvalue weighted by Crippen LogP contribution is -2.44. The van der Waals surface area contributed by atoms with E-state index in [0.717, 1.165) is 22.3 Å². The van der Waals surface area contributed by atoms with Gasteiger partial charge in [-0.05, 0) is 57.0 Å². The highest BCUT2D eigenvalue weighted by molar-refractivity contribution is 14.0. The van der Waals surface area contributed by atoms with E-state index in [-0.39, 0.29) is 35.9 Å². The lowest BCUT2D eigenvalue weighted by atomic mass is 10.1. The van der Waals surface area contributed by atoms with Gasteiger partial charge in [-0.25, -0.2) is 0 Å². The molecular weight excluding hydrogens is 547 g/mol. The van der Waals surface area contributed by atoms with Crippen molar-refractivity contribution in [3.8, 4) is 0 Å². The standard InChI is InChI=1S/C20H29BrN6O.HI/c1-13(12-18-14(2)26-27(5)15(18)3)24-20(22-4)23-11-10-19(28)25-17-8-6-16(21)7-9-17;/h6-9,13H,10-12H2,1-5H3,(H,25,28)(H2,22,23,24);1H. The molecule has 0 saturated heterocycles. The zero-order valence-corrected chi connectivity index (χ0v) is 21.5. The van der Waals surface area contributed by atoms with E-state index in [9.17, 15) is 4.79 Å². The van der Waals surface area contributed by atoms with Crippen molar-refractivity contribution in [2.24, 2.45) is 12.0 Å². The lowest BCUT2D eigenvalue weighted by molar-refractivity contribution is -0.116. The monoisotopic (exact) mass is 576 g/mol. The van der Waals surface area contributed by atoms with Gasteiger partial charge in [0.1, 0.15) is 0 Å². The van der Waals surface area contributed by atoms with Crippen LogP contribution in [0, 0.1) is 13.8 Å². The van der Waals surface area contributed by atoms with Gasteiger partial charge in [-0.1, -0.05) is 15.9 Å². The van der Waals surface area contributed by atoms with Gasteiger partial charge in [0, 0.05) is 49.0 Å². The molecule has 0 saturated carbocycles. The number of carbonyl (C=O) groups excluding carboxylic acids is 1. The molecule has 1 heterocycles.